The van der Waals surface area contributed by atoms with Crippen molar-refractivity contribution in [2.75, 3.05) is 14.1 Å². The summed E-state index contributed by atoms with van der Waals surface area (Å²) in [6.07, 6.45) is 1.59. The molecule has 0 aliphatic carbocycles. The fraction of sp³-hybridized carbons (Fsp3) is 0.583. The van der Waals surface area contributed by atoms with E-state index in [1.54, 1.807) is 6.07 Å². The van der Waals surface area contributed by atoms with Gasteiger partial charge in [-0.1, -0.05) is 25.4 Å². The first kappa shape index (κ1) is 13.7. The molecule has 90 valence electrons. The van der Waals surface area contributed by atoms with Crippen LogP contribution in [-0.2, 0) is 0 Å². The van der Waals surface area contributed by atoms with Gasteiger partial charge in [0.25, 0.3) is 0 Å². The highest BCUT2D eigenvalue weighted by atomic mass is 35.5. The fourth-order valence-electron chi connectivity index (χ4n) is 2.07. The molecule has 0 saturated carbocycles. The van der Waals surface area contributed by atoms with E-state index in [9.17, 15) is 4.79 Å². The summed E-state index contributed by atoms with van der Waals surface area (Å²) >= 11 is 7.45. The van der Waals surface area contributed by atoms with Gasteiger partial charge in [-0.25, -0.2) is 0 Å². The Kier molecular flexibility index (Phi) is 4.53. The summed E-state index contributed by atoms with van der Waals surface area (Å²) in [6.45, 7) is 4.09. The molecule has 0 bridgehead atoms. The van der Waals surface area contributed by atoms with E-state index in [0.717, 1.165) is 12.8 Å². The molecule has 4 heteroatoms. The summed E-state index contributed by atoms with van der Waals surface area (Å²) in [5.41, 5.74) is -0.422. The Morgan fingerprint density at radius 2 is 2.00 bits per heavy atom. The lowest BCUT2D eigenvalue weighted by Crippen LogP contribution is -2.50. The SMILES string of the molecule is CCC(CC)(C(=O)c1sccc1Cl)N(C)C. The van der Waals surface area contributed by atoms with E-state index in [-0.39, 0.29) is 5.78 Å². The standard InChI is InChI=1S/C12H18ClNOS/c1-5-12(6-2,14(3)4)11(15)10-9(13)7-8-16-10/h7-8H,5-6H2,1-4H3. The van der Waals surface area contributed by atoms with Gasteiger partial charge in [0.2, 0.25) is 0 Å². The molecule has 0 aromatic carbocycles. The zero-order valence-corrected chi connectivity index (χ0v) is 11.8. The number of thiophene rings is 1. The number of nitrogens with zero attached hydrogens (tertiary/aromatic N) is 1. The van der Waals surface area contributed by atoms with Crippen LogP contribution in [-0.4, -0.2) is 30.3 Å². The van der Waals surface area contributed by atoms with Crippen molar-refractivity contribution in [1.29, 1.82) is 0 Å². The van der Waals surface area contributed by atoms with Crippen LogP contribution < -0.4 is 0 Å². The van der Waals surface area contributed by atoms with E-state index in [4.69, 9.17) is 11.6 Å². The Hall–Kier alpha value is -0.380. The van der Waals surface area contributed by atoms with Crippen molar-refractivity contribution in [2.45, 2.75) is 32.2 Å². The molecule has 0 atom stereocenters. The molecule has 0 unspecified atom stereocenters. The van der Waals surface area contributed by atoms with Crippen molar-refractivity contribution >= 4 is 28.7 Å². The molecule has 0 spiro atoms. The van der Waals surface area contributed by atoms with Gasteiger partial charge in [-0.2, -0.15) is 0 Å². The Morgan fingerprint density at radius 1 is 1.44 bits per heavy atom. The van der Waals surface area contributed by atoms with Crippen LogP contribution in [0.1, 0.15) is 36.4 Å². The molecule has 2 nitrogen and oxygen atoms in total. The molecule has 0 N–H and O–H groups in total. The zero-order chi connectivity index (χ0) is 12.3. The number of carbonyl (C=O) groups excluding carboxylic acids is 1. The van der Waals surface area contributed by atoms with E-state index >= 15 is 0 Å². The highest BCUT2D eigenvalue weighted by molar-refractivity contribution is 7.12. The molecule has 0 radical (unpaired) electrons. The van der Waals surface area contributed by atoms with Crippen molar-refractivity contribution in [3.63, 3.8) is 0 Å². The van der Waals surface area contributed by atoms with E-state index in [0.29, 0.717) is 9.90 Å². The molecule has 1 heterocycles. The smallest absolute Gasteiger partial charge is 0.194 e. The van der Waals surface area contributed by atoms with Gasteiger partial charge in [0, 0.05) is 0 Å². The monoisotopic (exact) mass is 259 g/mol. The van der Waals surface area contributed by atoms with E-state index in [1.165, 1.54) is 11.3 Å². The molecule has 1 aromatic heterocycles. The molecule has 0 fully saturated rings. The predicted octanol–water partition coefficient (Wildman–Crippen LogP) is 3.70. The lowest BCUT2D eigenvalue weighted by atomic mass is 9.86. The third kappa shape index (κ3) is 2.17. The van der Waals surface area contributed by atoms with E-state index < -0.39 is 5.54 Å². The Balaban J connectivity index is 3.15. The second kappa shape index (κ2) is 5.30. The van der Waals surface area contributed by atoms with Crippen molar-refractivity contribution < 1.29 is 4.79 Å². The Morgan fingerprint density at radius 3 is 2.31 bits per heavy atom. The number of likely N-dealkylation sites (N-methyl/N-ethyl adjacent to an activating group) is 1. The van der Waals surface area contributed by atoms with Crippen LogP contribution in [0.5, 0.6) is 0 Å². The number of ketones is 1. The van der Waals surface area contributed by atoms with Gasteiger partial charge >= 0.3 is 0 Å². The van der Waals surface area contributed by atoms with Gasteiger partial charge in [-0.05, 0) is 38.4 Å². The first-order chi connectivity index (χ1) is 7.49. The normalized spacial score (nSPS) is 12.1. The van der Waals surface area contributed by atoms with Gasteiger partial charge in [0.1, 0.15) is 0 Å². The lowest BCUT2D eigenvalue weighted by molar-refractivity contribution is 0.0661. The second-order valence-corrected chi connectivity index (χ2v) is 5.38. The number of rotatable bonds is 5. The molecule has 16 heavy (non-hydrogen) atoms. The lowest BCUT2D eigenvalue weighted by Gasteiger charge is -2.36. The minimum atomic E-state index is -0.422. The summed E-state index contributed by atoms with van der Waals surface area (Å²) in [5.74, 6) is 0.141. The van der Waals surface area contributed by atoms with Crippen LogP contribution in [0.15, 0.2) is 11.4 Å². The number of halogens is 1. The fourth-order valence-corrected chi connectivity index (χ4v) is 3.25. The largest absolute Gasteiger partial charge is 0.297 e. The maximum Gasteiger partial charge on any atom is 0.194 e. The number of carbonyl (C=O) groups is 1. The van der Waals surface area contributed by atoms with Gasteiger partial charge < -0.3 is 0 Å². The van der Waals surface area contributed by atoms with Crippen molar-refractivity contribution in [3.8, 4) is 0 Å². The topological polar surface area (TPSA) is 20.3 Å². The maximum absolute atomic E-state index is 12.5. The average molecular weight is 260 g/mol. The van der Waals surface area contributed by atoms with Gasteiger partial charge in [-0.3, -0.25) is 9.69 Å². The molecular weight excluding hydrogens is 242 g/mol. The molecule has 0 amide bonds. The molecule has 1 rings (SSSR count). The predicted molar refractivity (Wildman–Crippen MR) is 70.7 cm³/mol. The summed E-state index contributed by atoms with van der Waals surface area (Å²) in [7, 11) is 3.90. The first-order valence-electron chi connectivity index (χ1n) is 5.44. The summed E-state index contributed by atoms with van der Waals surface area (Å²) in [5, 5.41) is 2.43. The van der Waals surface area contributed by atoms with Gasteiger partial charge in [0.15, 0.2) is 5.78 Å². The molecule has 0 aliphatic rings. The minimum Gasteiger partial charge on any atom is -0.297 e. The zero-order valence-electron chi connectivity index (χ0n) is 10.2. The van der Waals surface area contributed by atoms with Crippen LogP contribution in [0.2, 0.25) is 5.02 Å². The van der Waals surface area contributed by atoms with Crippen molar-refractivity contribution in [2.24, 2.45) is 0 Å². The minimum absolute atomic E-state index is 0.141. The number of Topliss-reactive ketones (excluding diaryl/α,β-unsaturated/α-hetero) is 1. The van der Waals surface area contributed by atoms with Gasteiger partial charge in [0.05, 0.1) is 15.4 Å². The van der Waals surface area contributed by atoms with Gasteiger partial charge in [-0.15, -0.1) is 11.3 Å². The van der Waals surface area contributed by atoms with Crippen molar-refractivity contribution in [1.82, 2.24) is 4.90 Å². The highest BCUT2D eigenvalue weighted by Gasteiger charge is 2.38. The molecule has 0 saturated heterocycles. The average Bonchev–Trinajstić information content (AvgIpc) is 2.66. The van der Waals surface area contributed by atoms with E-state index in [2.05, 4.69) is 0 Å². The second-order valence-electron chi connectivity index (χ2n) is 4.06. The van der Waals surface area contributed by atoms with Crippen LogP contribution in [0.4, 0.5) is 0 Å². The third-order valence-corrected chi connectivity index (χ3v) is 4.61. The van der Waals surface area contributed by atoms with E-state index in [1.807, 2.05) is 38.2 Å². The summed E-state index contributed by atoms with van der Waals surface area (Å²) in [4.78, 5) is 15.2. The molecular formula is C12H18ClNOS. The highest BCUT2D eigenvalue weighted by Crippen LogP contribution is 2.32. The third-order valence-electron chi connectivity index (χ3n) is 3.27. The maximum atomic E-state index is 12.5. The van der Waals surface area contributed by atoms with Crippen LogP contribution in [0, 0.1) is 0 Å². The first-order valence-corrected chi connectivity index (χ1v) is 6.70. The molecule has 0 aliphatic heterocycles. The number of hydrogen-bond acceptors (Lipinski definition) is 3. The van der Waals surface area contributed by atoms with Crippen LogP contribution in [0.3, 0.4) is 0 Å². The summed E-state index contributed by atoms with van der Waals surface area (Å²) < 4.78 is 0. The van der Waals surface area contributed by atoms with Crippen molar-refractivity contribution in [3.05, 3.63) is 21.3 Å². The summed E-state index contributed by atoms with van der Waals surface area (Å²) in [6, 6.07) is 1.78. The molecule has 1 aromatic rings. The van der Waals surface area contributed by atoms with Crippen LogP contribution >= 0.6 is 22.9 Å². The quantitative estimate of drug-likeness (QED) is 0.752. The number of hydrogen-bond donors (Lipinski definition) is 0. The Bertz CT molecular complexity index is 369. The Labute approximate surface area is 106 Å². The van der Waals surface area contributed by atoms with Crippen LogP contribution in [0.25, 0.3) is 0 Å².